The van der Waals surface area contributed by atoms with Crippen molar-refractivity contribution >= 4 is 11.6 Å². The van der Waals surface area contributed by atoms with E-state index in [1.807, 2.05) is 0 Å². The molecule has 0 aromatic carbocycles. The number of Topliss-reactive ketones (excluding diaryl/α,β-unsaturated/α-hetero) is 2. The van der Waals surface area contributed by atoms with E-state index in [1.165, 1.54) is 6.92 Å². The first-order chi connectivity index (χ1) is 5.26. The minimum absolute atomic E-state index is 0.0325. The third kappa shape index (κ3) is 1.41. The lowest BCUT2D eigenvalue weighted by atomic mass is 9.69. The second kappa shape index (κ2) is 2.39. The molecule has 0 aromatic rings. The van der Waals surface area contributed by atoms with E-state index in [0.717, 1.165) is 0 Å². The van der Waals surface area contributed by atoms with Crippen LogP contribution in [0.2, 0.25) is 0 Å². The molecule has 0 heterocycles. The van der Waals surface area contributed by atoms with Gasteiger partial charge in [-0.15, -0.1) is 0 Å². The van der Waals surface area contributed by atoms with Gasteiger partial charge in [0.15, 0.2) is 5.78 Å². The molecule has 12 heavy (non-hydrogen) atoms. The third-order valence-electron chi connectivity index (χ3n) is 2.28. The fraction of sp³-hybridized carbons (Fsp3) is 0.778. The Hall–Kier alpha value is -0.700. The summed E-state index contributed by atoms with van der Waals surface area (Å²) in [5, 5.41) is 9.58. The van der Waals surface area contributed by atoms with Gasteiger partial charge in [-0.05, 0) is 6.92 Å². The monoisotopic (exact) mass is 170 g/mol. The standard InChI is InChI=1S/C9H14O3/c1-8(2)4-6(10)5-9(3,12)7(8)11/h12H,4-5H2,1-3H3. The summed E-state index contributed by atoms with van der Waals surface area (Å²) in [5.41, 5.74) is -2.14. The molecule has 1 aliphatic carbocycles. The molecule has 1 fully saturated rings. The highest BCUT2D eigenvalue weighted by atomic mass is 16.3. The molecule has 3 heteroatoms. The zero-order valence-corrected chi connectivity index (χ0v) is 7.68. The van der Waals surface area contributed by atoms with Gasteiger partial charge in [0.05, 0.1) is 0 Å². The lowest BCUT2D eigenvalue weighted by Crippen LogP contribution is -2.50. The van der Waals surface area contributed by atoms with Crippen LogP contribution in [0.1, 0.15) is 33.6 Å². The summed E-state index contributed by atoms with van der Waals surface area (Å²) in [6.45, 7) is 4.80. The second-order valence-corrected chi connectivity index (χ2v) is 4.38. The number of hydrogen-bond donors (Lipinski definition) is 1. The van der Waals surface area contributed by atoms with Crippen molar-refractivity contribution < 1.29 is 14.7 Å². The number of rotatable bonds is 0. The fourth-order valence-electron chi connectivity index (χ4n) is 1.83. The van der Waals surface area contributed by atoms with Crippen LogP contribution in [0.4, 0.5) is 0 Å². The molecular formula is C9H14O3. The van der Waals surface area contributed by atoms with Crippen LogP contribution in [0.25, 0.3) is 0 Å². The first kappa shape index (κ1) is 9.39. The van der Waals surface area contributed by atoms with E-state index >= 15 is 0 Å². The minimum Gasteiger partial charge on any atom is -0.382 e. The summed E-state index contributed by atoms with van der Waals surface area (Å²) < 4.78 is 0. The van der Waals surface area contributed by atoms with Gasteiger partial charge in [-0.1, -0.05) is 13.8 Å². The minimum atomic E-state index is -1.45. The van der Waals surface area contributed by atoms with Gasteiger partial charge >= 0.3 is 0 Å². The average Bonchev–Trinajstić information content (AvgIpc) is 1.80. The predicted octanol–water partition coefficient (Wildman–Crippen LogP) is 0.696. The van der Waals surface area contributed by atoms with Crippen LogP contribution in [0.5, 0.6) is 0 Å². The van der Waals surface area contributed by atoms with Crippen molar-refractivity contribution in [3.05, 3.63) is 0 Å². The summed E-state index contributed by atoms with van der Waals surface area (Å²) in [6.07, 6.45) is 0.219. The van der Waals surface area contributed by atoms with Gasteiger partial charge in [-0.3, -0.25) is 9.59 Å². The van der Waals surface area contributed by atoms with E-state index in [9.17, 15) is 14.7 Å². The largest absolute Gasteiger partial charge is 0.382 e. The lowest BCUT2D eigenvalue weighted by Gasteiger charge is -2.36. The van der Waals surface area contributed by atoms with Crippen LogP contribution in [-0.2, 0) is 9.59 Å². The maximum Gasteiger partial charge on any atom is 0.170 e. The molecule has 1 aliphatic rings. The van der Waals surface area contributed by atoms with Crippen molar-refractivity contribution in [3.63, 3.8) is 0 Å². The Morgan fingerprint density at radius 1 is 1.17 bits per heavy atom. The zero-order chi connectivity index (χ0) is 9.57. The van der Waals surface area contributed by atoms with Crippen LogP contribution in [-0.4, -0.2) is 22.3 Å². The van der Waals surface area contributed by atoms with Crippen molar-refractivity contribution in [2.45, 2.75) is 39.2 Å². The van der Waals surface area contributed by atoms with Crippen molar-refractivity contribution in [2.24, 2.45) is 5.41 Å². The molecule has 1 N–H and O–H groups in total. The lowest BCUT2D eigenvalue weighted by molar-refractivity contribution is -0.156. The Morgan fingerprint density at radius 2 is 1.67 bits per heavy atom. The number of ketones is 2. The van der Waals surface area contributed by atoms with E-state index < -0.39 is 11.0 Å². The number of carbonyl (C=O) groups excluding carboxylic acids is 2. The zero-order valence-electron chi connectivity index (χ0n) is 7.68. The van der Waals surface area contributed by atoms with Crippen molar-refractivity contribution in [1.82, 2.24) is 0 Å². The average molecular weight is 170 g/mol. The van der Waals surface area contributed by atoms with E-state index in [2.05, 4.69) is 0 Å². The highest BCUT2D eigenvalue weighted by molar-refractivity contribution is 6.02. The fourth-order valence-corrected chi connectivity index (χ4v) is 1.83. The van der Waals surface area contributed by atoms with Crippen LogP contribution >= 0.6 is 0 Å². The second-order valence-electron chi connectivity index (χ2n) is 4.38. The van der Waals surface area contributed by atoms with Gasteiger partial charge in [0.2, 0.25) is 0 Å². The molecule has 0 aliphatic heterocycles. The summed E-state index contributed by atoms with van der Waals surface area (Å²) in [5.74, 6) is -0.265. The molecule has 0 spiro atoms. The van der Waals surface area contributed by atoms with Gasteiger partial charge in [0, 0.05) is 18.3 Å². The van der Waals surface area contributed by atoms with Gasteiger partial charge in [0.1, 0.15) is 11.4 Å². The van der Waals surface area contributed by atoms with Crippen molar-refractivity contribution in [2.75, 3.05) is 0 Å². The van der Waals surface area contributed by atoms with Crippen LogP contribution in [0.15, 0.2) is 0 Å². The molecule has 0 aromatic heterocycles. The molecule has 0 bridgehead atoms. The first-order valence-electron chi connectivity index (χ1n) is 4.05. The smallest absolute Gasteiger partial charge is 0.170 e. The third-order valence-corrected chi connectivity index (χ3v) is 2.28. The summed E-state index contributed by atoms with van der Waals surface area (Å²) in [6, 6.07) is 0. The molecule has 0 saturated heterocycles. The SMILES string of the molecule is CC1(C)CC(=O)CC(C)(O)C1=O. The number of aliphatic hydroxyl groups is 1. The van der Waals surface area contributed by atoms with Crippen molar-refractivity contribution in [3.8, 4) is 0 Å². The predicted molar refractivity (Wildman–Crippen MR) is 43.7 cm³/mol. The molecular weight excluding hydrogens is 156 g/mol. The first-order valence-corrected chi connectivity index (χ1v) is 4.05. The molecule has 68 valence electrons. The Morgan fingerprint density at radius 3 is 2.08 bits per heavy atom. The molecule has 0 amide bonds. The Balaban J connectivity index is 2.99. The Labute approximate surface area is 71.8 Å². The van der Waals surface area contributed by atoms with Gasteiger partial charge in [-0.2, -0.15) is 0 Å². The topological polar surface area (TPSA) is 54.4 Å². The normalized spacial score (nSPS) is 35.3. The molecule has 1 unspecified atom stereocenters. The van der Waals surface area contributed by atoms with Crippen LogP contribution in [0, 0.1) is 5.41 Å². The molecule has 0 radical (unpaired) electrons. The van der Waals surface area contributed by atoms with Gasteiger partial charge in [-0.25, -0.2) is 0 Å². The van der Waals surface area contributed by atoms with E-state index in [4.69, 9.17) is 0 Å². The molecule has 1 rings (SSSR count). The Bertz CT molecular complexity index is 216. The van der Waals surface area contributed by atoms with E-state index in [1.54, 1.807) is 13.8 Å². The summed E-state index contributed by atoms with van der Waals surface area (Å²) >= 11 is 0. The molecule has 1 atom stereocenters. The Kier molecular flexibility index (Phi) is 1.87. The summed E-state index contributed by atoms with van der Waals surface area (Å²) in [4.78, 5) is 22.6. The van der Waals surface area contributed by atoms with E-state index in [-0.39, 0.29) is 24.4 Å². The van der Waals surface area contributed by atoms with Gasteiger partial charge < -0.3 is 5.11 Å². The summed E-state index contributed by atoms with van der Waals surface area (Å²) in [7, 11) is 0. The number of carbonyl (C=O) groups is 2. The molecule has 3 nitrogen and oxygen atoms in total. The highest BCUT2D eigenvalue weighted by Crippen LogP contribution is 2.35. The van der Waals surface area contributed by atoms with Crippen LogP contribution < -0.4 is 0 Å². The van der Waals surface area contributed by atoms with E-state index in [0.29, 0.717) is 0 Å². The van der Waals surface area contributed by atoms with Crippen molar-refractivity contribution in [1.29, 1.82) is 0 Å². The molecule has 1 saturated carbocycles. The van der Waals surface area contributed by atoms with Crippen LogP contribution in [0.3, 0.4) is 0 Å². The van der Waals surface area contributed by atoms with Gasteiger partial charge in [0.25, 0.3) is 0 Å². The maximum absolute atomic E-state index is 11.5. The number of hydrogen-bond acceptors (Lipinski definition) is 3. The maximum atomic E-state index is 11.5. The highest BCUT2D eigenvalue weighted by Gasteiger charge is 2.47. The quantitative estimate of drug-likeness (QED) is 0.582.